The summed E-state index contributed by atoms with van der Waals surface area (Å²) in [6, 6.07) is 20.4. The van der Waals surface area contributed by atoms with Gasteiger partial charge in [-0.3, -0.25) is 4.79 Å². The summed E-state index contributed by atoms with van der Waals surface area (Å²) >= 11 is 2.28. The first-order valence-electron chi connectivity index (χ1n) is 9.83. The Morgan fingerprint density at radius 3 is 2.48 bits per heavy atom. The fourth-order valence-corrected chi connectivity index (χ4v) is 3.95. The van der Waals surface area contributed by atoms with Crippen LogP contribution >= 0.6 is 22.6 Å². The fourth-order valence-electron chi connectivity index (χ4n) is 3.59. The van der Waals surface area contributed by atoms with Gasteiger partial charge in [0.2, 0.25) is 5.91 Å². The first-order chi connectivity index (χ1) is 14.2. The van der Waals surface area contributed by atoms with Crippen molar-refractivity contribution in [1.82, 2.24) is 15.3 Å². The second-order valence-corrected chi connectivity index (χ2v) is 8.48. The molecule has 0 atom stereocenters. The van der Waals surface area contributed by atoms with Crippen LogP contribution in [0.15, 0.2) is 67.0 Å². The molecule has 0 spiro atoms. The molecule has 1 aliphatic heterocycles. The van der Waals surface area contributed by atoms with Gasteiger partial charge in [-0.25, -0.2) is 9.97 Å². The van der Waals surface area contributed by atoms with Gasteiger partial charge >= 0.3 is 0 Å². The van der Waals surface area contributed by atoms with Crippen molar-refractivity contribution in [2.24, 2.45) is 5.92 Å². The van der Waals surface area contributed by atoms with Crippen LogP contribution in [0.2, 0.25) is 0 Å². The normalized spacial score (nSPS) is 14.6. The minimum Gasteiger partial charge on any atom is -0.356 e. The highest BCUT2D eigenvalue weighted by atomic mass is 127. The lowest BCUT2D eigenvalue weighted by molar-refractivity contribution is -0.125. The number of nitrogens with zero attached hydrogens (tertiary/aromatic N) is 3. The Hall–Kier alpha value is -2.48. The smallest absolute Gasteiger partial charge is 0.223 e. The molecule has 0 bridgehead atoms. The summed E-state index contributed by atoms with van der Waals surface area (Å²) in [6.45, 7) is 2.24. The van der Waals surface area contributed by atoms with E-state index in [1.54, 1.807) is 6.33 Å². The minimum absolute atomic E-state index is 0.0607. The van der Waals surface area contributed by atoms with Crippen molar-refractivity contribution in [3.05, 3.63) is 76.1 Å². The van der Waals surface area contributed by atoms with Crippen LogP contribution in [0.1, 0.15) is 18.4 Å². The average molecular weight is 498 g/mol. The van der Waals surface area contributed by atoms with E-state index in [1.165, 1.54) is 3.57 Å². The van der Waals surface area contributed by atoms with Gasteiger partial charge in [-0.15, -0.1) is 0 Å². The molecular weight excluding hydrogens is 475 g/mol. The maximum absolute atomic E-state index is 12.6. The third-order valence-electron chi connectivity index (χ3n) is 5.29. The van der Waals surface area contributed by atoms with Crippen LogP contribution in [-0.4, -0.2) is 29.0 Å². The summed E-state index contributed by atoms with van der Waals surface area (Å²) in [5.74, 6) is 1.14. The van der Waals surface area contributed by atoms with Gasteiger partial charge in [0.1, 0.15) is 12.1 Å². The largest absolute Gasteiger partial charge is 0.356 e. The first kappa shape index (κ1) is 19.8. The van der Waals surface area contributed by atoms with E-state index < -0.39 is 0 Å². The van der Waals surface area contributed by atoms with E-state index in [0.717, 1.165) is 48.6 Å². The Bertz CT molecular complexity index is 954. The van der Waals surface area contributed by atoms with Crippen LogP contribution in [0.4, 0.5) is 5.82 Å². The number of rotatable bonds is 5. The number of piperidine rings is 1. The number of carbonyl (C=O) groups is 1. The van der Waals surface area contributed by atoms with Crippen LogP contribution < -0.4 is 10.2 Å². The molecule has 1 fully saturated rings. The van der Waals surface area contributed by atoms with Crippen molar-refractivity contribution in [3.8, 4) is 11.3 Å². The predicted octanol–water partition coefficient (Wildman–Crippen LogP) is 4.28. The van der Waals surface area contributed by atoms with Crippen molar-refractivity contribution in [2.45, 2.75) is 19.4 Å². The fraction of sp³-hybridized carbons (Fsp3) is 0.261. The molecule has 3 aromatic rings. The highest BCUT2D eigenvalue weighted by molar-refractivity contribution is 14.1. The number of amides is 1. The second kappa shape index (κ2) is 9.35. The lowest BCUT2D eigenvalue weighted by Gasteiger charge is -2.32. The van der Waals surface area contributed by atoms with Gasteiger partial charge in [0.25, 0.3) is 0 Å². The predicted molar refractivity (Wildman–Crippen MR) is 123 cm³/mol. The summed E-state index contributed by atoms with van der Waals surface area (Å²) in [4.78, 5) is 23.7. The molecule has 0 radical (unpaired) electrons. The minimum atomic E-state index is 0.0607. The molecule has 0 unspecified atom stereocenters. The summed E-state index contributed by atoms with van der Waals surface area (Å²) in [7, 11) is 0. The van der Waals surface area contributed by atoms with E-state index in [0.29, 0.717) is 6.54 Å². The standard InChI is InChI=1S/C23H23IN4O/c24-20-8-6-17(7-9-20)15-25-23(29)19-10-12-28(13-11-19)22-14-21(26-16-27-22)18-4-2-1-3-5-18/h1-9,14,16,19H,10-13,15H2,(H,25,29). The summed E-state index contributed by atoms with van der Waals surface area (Å²) in [6.07, 6.45) is 3.30. The third-order valence-corrected chi connectivity index (χ3v) is 6.01. The van der Waals surface area contributed by atoms with Crippen LogP contribution in [-0.2, 0) is 11.3 Å². The summed E-state index contributed by atoms with van der Waals surface area (Å²) in [5, 5.41) is 3.09. The molecule has 1 saturated heterocycles. The lowest BCUT2D eigenvalue weighted by atomic mass is 9.95. The van der Waals surface area contributed by atoms with E-state index >= 15 is 0 Å². The van der Waals surface area contributed by atoms with Crippen molar-refractivity contribution < 1.29 is 4.79 Å². The van der Waals surface area contributed by atoms with Gasteiger partial charge in [-0.2, -0.15) is 0 Å². The summed E-state index contributed by atoms with van der Waals surface area (Å²) in [5.41, 5.74) is 3.14. The zero-order chi connectivity index (χ0) is 20.1. The molecule has 1 aliphatic rings. The topological polar surface area (TPSA) is 58.1 Å². The van der Waals surface area contributed by atoms with E-state index in [4.69, 9.17) is 0 Å². The van der Waals surface area contributed by atoms with Crippen molar-refractivity contribution in [1.29, 1.82) is 0 Å². The molecular formula is C23H23IN4O. The van der Waals surface area contributed by atoms with Crippen molar-refractivity contribution in [2.75, 3.05) is 18.0 Å². The number of hydrogen-bond acceptors (Lipinski definition) is 4. The molecule has 1 N–H and O–H groups in total. The average Bonchev–Trinajstić information content (AvgIpc) is 2.79. The Morgan fingerprint density at radius 1 is 1.03 bits per heavy atom. The number of anilines is 1. The Morgan fingerprint density at radius 2 is 1.76 bits per heavy atom. The molecule has 5 nitrogen and oxygen atoms in total. The number of hydrogen-bond donors (Lipinski definition) is 1. The third kappa shape index (κ3) is 5.12. The van der Waals surface area contributed by atoms with Gasteiger partial charge in [-0.05, 0) is 53.1 Å². The van der Waals surface area contributed by atoms with Crippen LogP contribution in [0.3, 0.4) is 0 Å². The van der Waals surface area contributed by atoms with E-state index in [2.05, 4.69) is 79.2 Å². The molecule has 4 rings (SSSR count). The molecule has 1 amide bonds. The molecule has 6 heteroatoms. The Balaban J connectivity index is 1.32. The van der Waals surface area contributed by atoms with E-state index in [-0.39, 0.29) is 11.8 Å². The number of halogens is 1. The highest BCUT2D eigenvalue weighted by Crippen LogP contribution is 2.25. The molecule has 2 heterocycles. The zero-order valence-corrected chi connectivity index (χ0v) is 18.2. The lowest BCUT2D eigenvalue weighted by Crippen LogP contribution is -2.40. The first-order valence-corrected chi connectivity index (χ1v) is 10.9. The molecule has 0 saturated carbocycles. The maximum Gasteiger partial charge on any atom is 0.223 e. The molecule has 0 aliphatic carbocycles. The quantitative estimate of drug-likeness (QED) is 0.534. The van der Waals surface area contributed by atoms with Crippen LogP contribution in [0, 0.1) is 9.49 Å². The maximum atomic E-state index is 12.6. The number of nitrogens with one attached hydrogen (secondary N) is 1. The SMILES string of the molecule is O=C(NCc1ccc(I)cc1)C1CCN(c2cc(-c3ccccc3)ncn2)CC1. The number of carbonyl (C=O) groups excluding carboxylic acids is 1. The highest BCUT2D eigenvalue weighted by Gasteiger charge is 2.25. The van der Waals surface area contributed by atoms with Gasteiger partial charge < -0.3 is 10.2 Å². The molecule has 148 valence electrons. The monoisotopic (exact) mass is 498 g/mol. The van der Waals surface area contributed by atoms with Crippen molar-refractivity contribution >= 4 is 34.3 Å². The zero-order valence-electron chi connectivity index (χ0n) is 16.1. The van der Waals surface area contributed by atoms with Gasteiger partial charge in [0.15, 0.2) is 0 Å². The van der Waals surface area contributed by atoms with Crippen molar-refractivity contribution in [3.63, 3.8) is 0 Å². The Labute approximate surface area is 184 Å². The molecule has 2 aromatic carbocycles. The van der Waals surface area contributed by atoms with Crippen LogP contribution in [0.5, 0.6) is 0 Å². The van der Waals surface area contributed by atoms with E-state index in [1.807, 2.05) is 24.3 Å². The van der Waals surface area contributed by atoms with E-state index in [9.17, 15) is 4.79 Å². The van der Waals surface area contributed by atoms with Gasteiger partial charge in [-0.1, -0.05) is 42.5 Å². The van der Waals surface area contributed by atoms with Crippen LogP contribution in [0.25, 0.3) is 11.3 Å². The number of aromatic nitrogens is 2. The number of benzene rings is 2. The Kier molecular flexibility index (Phi) is 6.39. The molecule has 1 aromatic heterocycles. The van der Waals surface area contributed by atoms with Gasteiger partial charge in [0, 0.05) is 40.8 Å². The second-order valence-electron chi connectivity index (χ2n) is 7.23. The summed E-state index contributed by atoms with van der Waals surface area (Å²) < 4.78 is 1.20. The molecule has 29 heavy (non-hydrogen) atoms. The van der Waals surface area contributed by atoms with Gasteiger partial charge in [0.05, 0.1) is 5.69 Å².